The molecule has 0 radical (unpaired) electrons. The SMILES string of the molecule is CC(C)OC(=O)/C(=N/SC(C)(C)C)c1cc(Br)ccc1F. The van der Waals surface area contributed by atoms with Gasteiger partial charge in [-0.05, 0) is 64.8 Å². The molecule has 6 heteroatoms. The first-order valence-corrected chi connectivity index (χ1v) is 8.09. The second kappa shape index (κ2) is 7.40. The third-order valence-corrected chi connectivity index (χ3v) is 3.45. The molecule has 0 unspecified atom stereocenters. The number of halogens is 2. The Kier molecular flexibility index (Phi) is 6.41. The molecule has 0 atom stereocenters. The molecule has 1 aromatic rings. The van der Waals surface area contributed by atoms with Crippen LogP contribution in [0, 0.1) is 5.82 Å². The molecule has 0 spiro atoms. The summed E-state index contributed by atoms with van der Waals surface area (Å²) < 4.78 is 23.9. The van der Waals surface area contributed by atoms with E-state index >= 15 is 0 Å². The van der Waals surface area contributed by atoms with E-state index in [4.69, 9.17) is 4.74 Å². The van der Waals surface area contributed by atoms with Gasteiger partial charge in [0.1, 0.15) is 5.82 Å². The summed E-state index contributed by atoms with van der Waals surface area (Å²) >= 11 is 4.49. The van der Waals surface area contributed by atoms with Crippen LogP contribution >= 0.6 is 27.9 Å². The molecule has 0 aromatic heterocycles. The highest BCUT2D eigenvalue weighted by molar-refractivity contribution is 9.10. The zero-order valence-electron chi connectivity index (χ0n) is 12.7. The summed E-state index contributed by atoms with van der Waals surface area (Å²) in [4.78, 5) is 12.2. The largest absolute Gasteiger partial charge is 0.458 e. The second-order valence-electron chi connectivity index (χ2n) is 5.72. The molecule has 0 saturated heterocycles. The number of nitrogens with zero attached hydrogens (tertiary/aromatic N) is 1. The molecule has 0 saturated carbocycles. The Morgan fingerprint density at radius 2 is 2.00 bits per heavy atom. The standard InChI is InChI=1S/C15H19BrFNO2S/c1-9(2)20-14(19)13(18-21-15(3,4)5)11-8-10(16)6-7-12(11)17/h6-9H,1-5H3/b18-13+. The highest BCUT2D eigenvalue weighted by Crippen LogP contribution is 2.26. The van der Waals surface area contributed by atoms with E-state index in [1.54, 1.807) is 19.9 Å². The van der Waals surface area contributed by atoms with E-state index in [1.807, 2.05) is 20.8 Å². The summed E-state index contributed by atoms with van der Waals surface area (Å²) in [5.74, 6) is -1.13. The predicted octanol–water partition coefficient (Wildman–Crippen LogP) is 4.78. The number of benzene rings is 1. The monoisotopic (exact) mass is 375 g/mol. The minimum atomic E-state index is -0.626. The minimum Gasteiger partial charge on any atom is -0.458 e. The molecule has 0 heterocycles. The number of carbonyl (C=O) groups is 1. The van der Waals surface area contributed by atoms with Crippen molar-refractivity contribution in [1.82, 2.24) is 0 Å². The summed E-state index contributed by atoms with van der Waals surface area (Å²) in [5.41, 5.74) is 0.120. The maximum absolute atomic E-state index is 14.0. The first-order valence-electron chi connectivity index (χ1n) is 6.52. The Labute approximate surface area is 137 Å². The molecule has 0 bridgehead atoms. The molecule has 0 fully saturated rings. The fraction of sp³-hybridized carbons (Fsp3) is 0.467. The van der Waals surface area contributed by atoms with Gasteiger partial charge in [-0.1, -0.05) is 15.9 Å². The van der Waals surface area contributed by atoms with E-state index in [1.165, 1.54) is 24.1 Å². The van der Waals surface area contributed by atoms with Crippen molar-refractivity contribution in [2.45, 2.75) is 45.5 Å². The van der Waals surface area contributed by atoms with E-state index in [-0.39, 0.29) is 22.1 Å². The fourth-order valence-corrected chi connectivity index (χ4v) is 2.23. The Morgan fingerprint density at radius 1 is 1.38 bits per heavy atom. The minimum absolute atomic E-state index is 0.0116. The van der Waals surface area contributed by atoms with Gasteiger partial charge in [-0.25, -0.2) is 13.6 Å². The third kappa shape index (κ3) is 6.18. The summed E-state index contributed by atoms with van der Waals surface area (Å²) in [5, 5.41) is 0. The predicted molar refractivity (Wildman–Crippen MR) is 89.2 cm³/mol. The van der Waals surface area contributed by atoms with E-state index < -0.39 is 11.8 Å². The van der Waals surface area contributed by atoms with Crippen molar-refractivity contribution in [2.75, 3.05) is 0 Å². The quantitative estimate of drug-likeness (QED) is 0.431. The Morgan fingerprint density at radius 3 is 2.52 bits per heavy atom. The van der Waals surface area contributed by atoms with E-state index in [2.05, 4.69) is 20.3 Å². The third-order valence-electron chi connectivity index (χ3n) is 2.13. The number of esters is 1. The average molecular weight is 376 g/mol. The topological polar surface area (TPSA) is 38.7 Å². The number of ether oxygens (including phenoxy) is 1. The molecule has 0 N–H and O–H groups in total. The van der Waals surface area contributed by atoms with Gasteiger partial charge in [0.25, 0.3) is 0 Å². The van der Waals surface area contributed by atoms with Crippen LogP contribution < -0.4 is 0 Å². The Balaban J connectivity index is 3.24. The van der Waals surface area contributed by atoms with Crippen LogP contribution in [0.1, 0.15) is 40.2 Å². The number of hydrogen-bond donors (Lipinski definition) is 0. The normalized spacial score (nSPS) is 12.7. The molecule has 1 rings (SSSR count). The molecule has 0 amide bonds. The van der Waals surface area contributed by atoms with Crippen molar-refractivity contribution in [3.63, 3.8) is 0 Å². The number of rotatable bonds is 4. The first-order chi connectivity index (χ1) is 9.60. The number of carbonyl (C=O) groups excluding carboxylic acids is 1. The summed E-state index contributed by atoms with van der Waals surface area (Å²) in [7, 11) is 0. The summed E-state index contributed by atoms with van der Waals surface area (Å²) in [6, 6.07) is 4.39. The van der Waals surface area contributed by atoms with Crippen LogP contribution in [0.3, 0.4) is 0 Å². The van der Waals surface area contributed by atoms with E-state index in [9.17, 15) is 9.18 Å². The van der Waals surface area contributed by atoms with Crippen molar-refractivity contribution >= 4 is 39.6 Å². The van der Waals surface area contributed by atoms with Crippen LogP contribution in [0.15, 0.2) is 27.1 Å². The van der Waals surface area contributed by atoms with Gasteiger partial charge in [0.05, 0.1) is 6.10 Å². The molecule has 1 aromatic carbocycles. The van der Waals surface area contributed by atoms with Crippen molar-refractivity contribution in [3.8, 4) is 0 Å². The van der Waals surface area contributed by atoms with Crippen LogP contribution in [-0.2, 0) is 9.53 Å². The zero-order valence-corrected chi connectivity index (χ0v) is 15.1. The second-order valence-corrected chi connectivity index (χ2v) is 8.23. The van der Waals surface area contributed by atoms with Crippen molar-refractivity contribution < 1.29 is 13.9 Å². The molecule has 0 aliphatic heterocycles. The molecule has 3 nitrogen and oxygen atoms in total. The van der Waals surface area contributed by atoms with Crippen molar-refractivity contribution in [1.29, 1.82) is 0 Å². The lowest BCUT2D eigenvalue weighted by molar-refractivity contribution is -0.138. The smallest absolute Gasteiger partial charge is 0.358 e. The first kappa shape index (κ1) is 18.2. The van der Waals surface area contributed by atoms with Crippen molar-refractivity contribution in [3.05, 3.63) is 34.1 Å². The van der Waals surface area contributed by atoms with Crippen LogP contribution in [0.5, 0.6) is 0 Å². The van der Waals surface area contributed by atoms with Crippen LogP contribution in [-0.4, -0.2) is 22.5 Å². The van der Waals surface area contributed by atoms with Crippen LogP contribution in [0.25, 0.3) is 0 Å². The average Bonchev–Trinajstić information content (AvgIpc) is 2.31. The van der Waals surface area contributed by atoms with Gasteiger partial charge in [0, 0.05) is 14.8 Å². The molecular formula is C15H19BrFNO2S. The molecule has 21 heavy (non-hydrogen) atoms. The lowest BCUT2D eigenvalue weighted by Crippen LogP contribution is -2.23. The van der Waals surface area contributed by atoms with Crippen LogP contribution in [0.4, 0.5) is 4.39 Å². The Bertz CT molecular complexity index is 553. The van der Waals surface area contributed by atoms with Gasteiger partial charge >= 0.3 is 5.97 Å². The highest BCUT2D eigenvalue weighted by Gasteiger charge is 2.22. The van der Waals surface area contributed by atoms with Crippen LogP contribution in [0.2, 0.25) is 0 Å². The molecule has 0 aliphatic rings. The maximum atomic E-state index is 14.0. The summed E-state index contributed by atoms with van der Waals surface area (Å²) in [6.45, 7) is 9.37. The highest BCUT2D eigenvalue weighted by atomic mass is 79.9. The van der Waals surface area contributed by atoms with Gasteiger partial charge in [-0.2, -0.15) is 0 Å². The van der Waals surface area contributed by atoms with Gasteiger partial charge in [-0.3, -0.25) is 0 Å². The Hall–Kier alpha value is -0.880. The lowest BCUT2D eigenvalue weighted by atomic mass is 10.1. The number of hydrogen-bond acceptors (Lipinski definition) is 4. The van der Waals surface area contributed by atoms with Gasteiger partial charge in [-0.15, -0.1) is 0 Å². The van der Waals surface area contributed by atoms with Gasteiger partial charge in [0.2, 0.25) is 0 Å². The fourth-order valence-electron chi connectivity index (χ4n) is 1.33. The molecule has 116 valence electrons. The van der Waals surface area contributed by atoms with Gasteiger partial charge in [0.15, 0.2) is 5.71 Å². The summed E-state index contributed by atoms with van der Waals surface area (Å²) in [6.07, 6.45) is -0.294. The van der Waals surface area contributed by atoms with E-state index in [0.717, 1.165) is 0 Å². The zero-order chi connectivity index (χ0) is 16.2. The molecular weight excluding hydrogens is 357 g/mol. The lowest BCUT2D eigenvalue weighted by Gasteiger charge is -2.15. The van der Waals surface area contributed by atoms with Gasteiger partial charge < -0.3 is 4.74 Å². The molecule has 0 aliphatic carbocycles. The van der Waals surface area contributed by atoms with E-state index in [0.29, 0.717) is 4.47 Å². The maximum Gasteiger partial charge on any atom is 0.358 e. The van der Waals surface area contributed by atoms with Crippen molar-refractivity contribution in [2.24, 2.45) is 4.40 Å².